The maximum Gasteiger partial charge on any atom is 0.522 e. The predicted molar refractivity (Wildman–Crippen MR) is 161 cm³/mol. The molecule has 218 valence electrons. The summed E-state index contributed by atoms with van der Waals surface area (Å²) in [4.78, 5) is 0. The fourth-order valence-electron chi connectivity index (χ4n) is 4.93. The van der Waals surface area contributed by atoms with Gasteiger partial charge in [-0.05, 0) is 70.7 Å². The topological polar surface area (TPSA) is 63.6 Å². The Labute approximate surface area is 243 Å². The lowest BCUT2D eigenvalue weighted by Gasteiger charge is -2.16. The van der Waals surface area contributed by atoms with Gasteiger partial charge in [0.25, 0.3) is 0 Å². The molecule has 6 rings (SSSR count). The molecule has 0 amide bonds. The molecule has 2 aliphatic rings. The van der Waals surface area contributed by atoms with E-state index in [1.165, 1.54) is 63.6 Å². The molecule has 1 fully saturated rings. The zero-order valence-electron chi connectivity index (χ0n) is 22.7. The molecule has 0 saturated carbocycles. The number of hydrogen-bond acceptors (Lipinski definition) is 4. The Hall–Kier alpha value is -3.01. The summed E-state index contributed by atoms with van der Waals surface area (Å²) in [7, 11) is -5.84. The van der Waals surface area contributed by atoms with Crippen molar-refractivity contribution in [3.63, 3.8) is 0 Å². The number of hydrogen-bond donors (Lipinski definition) is 1. The first kappa shape index (κ1) is 30.9. The summed E-state index contributed by atoms with van der Waals surface area (Å²) in [5, 5.41) is 3.32. The van der Waals surface area contributed by atoms with Gasteiger partial charge in [-0.15, -0.1) is 0 Å². The Kier molecular flexibility index (Phi) is 10.4. The fraction of sp³-hybridized carbons (Fsp3) is 0.312. The van der Waals surface area contributed by atoms with E-state index in [2.05, 4.69) is 104 Å². The minimum absolute atomic E-state index is 0.671. The Morgan fingerprint density at radius 2 is 1.44 bits per heavy atom. The first-order valence-corrected chi connectivity index (χ1v) is 16.0. The molecule has 0 aromatic heterocycles. The van der Waals surface area contributed by atoms with Gasteiger partial charge in [-0.1, -0.05) is 92.2 Å². The molecule has 0 radical (unpaired) electrons. The largest absolute Gasteiger partial charge is 0.522 e. The van der Waals surface area contributed by atoms with E-state index >= 15 is 0 Å². The summed E-state index contributed by atoms with van der Waals surface area (Å²) >= 11 is 2.10. The van der Waals surface area contributed by atoms with Crippen molar-refractivity contribution >= 4 is 32.7 Å². The van der Waals surface area contributed by atoms with Gasteiger partial charge in [0.15, 0.2) is 0 Å². The van der Waals surface area contributed by atoms with Crippen LogP contribution in [0.25, 0.3) is 21.9 Å². The highest BCUT2D eigenvalue weighted by Crippen LogP contribution is 2.44. The maximum absolute atomic E-state index is 10.7. The van der Waals surface area contributed by atoms with Crippen LogP contribution in [0.2, 0.25) is 0 Å². The van der Waals surface area contributed by atoms with Crippen LogP contribution in [0.5, 0.6) is 5.75 Å². The van der Waals surface area contributed by atoms with Crippen molar-refractivity contribution in [2.24, 2.45) is 0 Å². The van der Waals surface area contributed by atoms with Crippen molar-refractivity contribution in [1.82, 2.24) is 0 Å². The fourth-order valence-corrected chi connectivity index (χ4v) is 6.27. The quantitative estimate of drug-likeness (QED) is 0.123. The van der Waals surface area contributed by atoms with Gasteiger partial charge < -0.3 is 4.74 Å². The van der Waals surface area contributed by atoms with E-state index in [4.69, 9.17) is 17.7 Å². The molecule has 1 N–H and O–H groups in total. The molecule has 4 aromatic carbocycles. The molecule has 0 bridgehead atoms. The van der Waals surface area contributed by atoms with Crippen LogP contribution < -0.4 is 4.74 Å². The van der Waals surface area contributed by atoms with E-state index in [-0.39, 0.29) is 0 Å². The van der Waals surface area contributed by atoms with Gasteiger partial charge in [0, 0.05) is 10.6 Å². The van der Waals surface area contributed by atoms with Gasteiger partial charge in [-0.2, -0.15) is 33.4 Å². The van der Waals surface area contributed by atoms with Crippen LogP contribution in [0.15, 0.2) is 84.9 Å². The van der Waals surface area contributed by atoms with Crippen LogP contribution >= 0.6 is 11.8 Å². The molecule has 1 saturated heterocycles. The molecule has 1 atom stereocenters. The lowest BCUT2D eigenvalue weighted by molar-refractivity contribution is -0.0510. The Morgan fingerprint density at radius 3 is 1.98 bits per heavy atom. The smallest absolute Gasteiger partial charge is 0.493 e. The van der Waals surface area contributed by atoms with Crippen molar-refractivity contribution in [2.45, 2.75) is 49.8 Å². The van der Waals surface area contributed by atoms with E-state index in [1.54, 1.807) is 0 Å². The number of ether oxygens (including phenoxy) is 1. The second-order valence-electron chi connectivity index (χ2n) is 9.81. The molecule has 4 aromatic rings. The van der Waals surface area contributed by atoms with Gasteiger partial charge in [-0.3, -0.25) is 4.55 Å². The SMILES string of the molecule is CCCCOc1ccc(C2CCCS2)c2ccccc12.O=S(=O)(O)C(F)(F)F.c1ccc2c(c1)Cc1ccccc1-2. The molecule has 1 aliphatic carbocycles. The third-order valence-corrected chi connectivity index (χ3v) is 8.95. The molecule has 41 heavy (non-hydrogen) atoms. The molecule has 1 aliphatic heterocycles. The van der Waals surface area contributed by atoms with Gasteiger partial charge in [0.1, 0.15) is 5.75 Å². The van der Waals surface area contributed by atoms with Crippen LogP contribution in [0, 0.1) is 0 Å². The normalized spacial score (nSPS) is 15.7. The third-order valence-electron chi connectivity index (χ3n) is 6.95. The van der Waals surface area contributed by atoms with E-state index in [0.29, 0.717) is 5.25 Å². The highest BCUT2D eigenvalue weighted by Gasteiger charge is 2.44. The van der Waals surface area contributed by atoms with Crippen LogP contribution in [-0.2, 0) is 16.5 Å². The summed E-state index contributed by atoms with van der Waals surface area (Å²) < 4.78 is 63.5. The summed E-state index contributed by atoms with van der Waals surface area (Å²) in [6.45, 7) is 3.01. The number of halogens is 3. The monoisotopic (exact) mass is 602 g/mol. The Bertz CT molecular complexity index is 1520. The van der Waals surface area contributed by atoms with Crippen molar-refractivity contribution < 1.29 is 30.9 Å². The first-order valence-electron chi connectivity index (χ1n) is 13.6. The number of fused-ring (bicyclic) bond motifs is 4. The molecule has 9 heteroatoms. The summed E-state index contributed by atoms with van der Waals surface area (Å²) in [6, 6.07) is 30.5. The molecular formula is C32H33F3O4S2. The van der Waals surface area contributed by atoms with Crippen molar-refractivity contribution in [3.05, 3.63) is 102 Å². The van der Waals surface area contributed by atoms with Gasteiger partial charge in [0.2, 0.25) is 0 Å². The number of thioether (sulfide) groups is 1. The summed E-state index contributed by atoms with van der Waals surface area (Å²) in [5.41, 5.74) is 1.71. The number of unbranched alkanes of at least 4 members (excludes halogenated alkanes) is 1. The van der Waals surface area contributed by atoms with E-state index < -0.39 is 15.6 Å². The summed E-state index contributed by atoms with van der Waals surface area (Å²) in [5.74, 6) is 2.34. The Balaban J connectivity index is 0.000000158. The number of alkyl halides is 3. The van der Waals surface area contributed by atoms with Crippen molar-refractivity contribution in [2.75, 3.05) is 12.4 Å². The second-order valence-corrected chi connectivity index (χ2v) is 12.5. The summed E-state index contributed by atoms with van der Waals surface area (Å²) in [6.07, 6.45) is 6.05. The average Bonchev–Trinajstić information content (AvgIpc) is 3.61. The van der Waals surface area contributed by atoms with Gasteiger partial charge in [0.05, 0.1) is 6.61 Å². The minimum Gasteiger partial charge on any atom is -0.493 e. The van der Waals surface area contributed by atoms with Crippen LogP contribution in [0.1, 0.15) is 54.5 Å². The van der Waals surface area contributed by atoms with E-state index in [0.717, 1.165) is 25.2 Å². The van der Waals surface area contributed by atoms with E-state index in [9.17, 15) is 13.2 Å². The molecule has 0 spiro atoms. The maximum atomic E-state index is 10.7. The highest BCUT2D eigenvalue weighted by atomic mass is 32.2. The van der Waals surface area contributed by atoms with Crippen LogP contribution in [0.3, 0.4) is 0 Å². The lowest BCUT2D eigenvalue weighted by Crippen LogP contribution is -2.21. The predicted octanol–water partition coefficient (Wildman–Crippen LogP) is 9.24. The highest BCUT2D eigenvalue weighted by molar-refractivity contribution is 7.99. The zero-order chi connectivity index (χ0) is 29.5. The molecule has 4 nitrogen and oxygen atoms in total. The van der Waals surface area contributed by atoms with Gasteiger partial charge in [-0.25, -0.2) is 0 Å². The van der Waals surface area contributed by atoms with Crippen LogP contribution in [0.4, 0.5) is 13.2 Å². The minimum atomic E-state index is -5.84. The van der Waals surface area contributed by atoms with Crippen molar-refractivity contribution in [3.8, 4) is 16.9 Å². The lowest BCUT2D eigenvalue weighted by atomic mass is 9.99. The average molecular weight is 603 g/mol. The molecule has 1 heterocycles. The van der Waals surface area contributed by atoms with E-state index in [1.807, 2.05) is 0 Å². The standard InChI is InChI=1S/C18H22OS.C13H10.CHF3O3S/c1-2-3-12-19-17-11-10-16(18-9-6-13-20-18)14-7-4-5-8-15(14)17;1-3-7-12-10(5-1)9-11-6-2-4-8-13(11)12;2-1(3,4)8(5,6)7/h4-5,7-8,10-11,18H,2-3,6,9,12-13H2,1H3;1-8H,9H2;(H,5,6,7). The third kappa shape index (κ3) is 7.84. The van der Waals surface area contributed by atoms with Crippen LogP contribution in [-0.4, -0.2) is 30.8 Å². The molecule has 1 unspecified atom stereocenters. The Morgan fingerprint density at radius 1 is 0.878 bits per heavy atom. The zero-order valence-corrected chi connectivity index (χ0v) is 24.4. The van der Waals surface area contributed by atoms with Crippen molar-refractivity contribution in [1.29, 1.82) is 0 Å². The number of rotatable bonds is 5. The first-order chi connectivity index (χ1) is 19.6. The van der Waals surface area contributed by atoms with Gasteiger partial charge >= 0.3 is 15.6 Å². The number of benzene rings is 4. The molecular weight excluding hydrogens is 569 g/mol. The second kappa shape index (κ2) is 13.8.